The Morgan fingerprint density at radius 3 is 2.56 bits per heavy atom. The molecule has 0 saturated carbocycles. The second-order valence-corrected chi connectivity index (χ2v) is 10.2. The molecule has 0 spiro atoms. The van der Waals surface area contributed by atoms with Crippen LogP contribution in [0.1, 0.15) is 54.9 Å². The standard InChI is InChI=1S/C27H26F3N5O3S/c1-2-22(34-25(36)14-3-4-21(32)15(7-14)11-31)27(38)35-6-5-23-17(13-35)9-24(39-23)26(37)33-12-16-8-19(29)20(30)10-18(16)28/h3-4,7-11,22,31H,2,5-6,12-13,32H2,1H3,(H,33,37)(H,34,36)/t22-/m1/s1. The second kappa shape index (κ2) is 11.7. The number of amides is 3. The van der Waals surface area contributed by atoms with Gasteiger partial charge in [0.1, 0.15) is 11.9 Å². The summed E-state index contributed by atoms with van der Waals surface area (Å²) in [6.07, 6.45) is 1.93. The highest BCUT2D eigenvalue weighted by Crippen LogP contribution is 2.29. The maximum Gasteiger partial charge on any atom is 0.261 e. The number of rotatable bonds is 8. The molecule has 5 N–H and O–H groups in total. The molecule has 2 aromatic carbocycles. The van der Waals surface area contributed by atoms with Crippen LogP contribution in [0, 0.1) is 22.9 Å². The molecule has 0 saturated heterocycles. The predicted molar refractivity (Wildman–Crippen MR) is 141 cm³/mol. The third kappa shape index (κ3) is 6.11. The van der Waals surface area contributed by atoms with E-state index in [0.29, 0.717) is 47.6 Å². The number of fused-ring (bicyclic) bond motifs is 1. The first kappa shape index (κ1) is 27.8. The largest absolute Gasteiger partial charge is 0.398 e. The molecule has 8 nitrogen and oxygen atoms in total. The van der Waals surface area contributed by atoms with Gasteiger partial charge in [-0.1, -0.05) is 6.92 Å². The summed E-state index contributed by atoms with van der Waals surface area (Å²) in [5.41, 5.74) is 7.45. The van der Waals surface area contributed by atoms with Gasteiger partial charge in [0, 0.05) is 59.2 Å². The quantitative estimate of drug-likeness (QED) is 0.191. The van der Waals surface area contributed by atoms with Gasteiger partial charge in [-0.15, -0.1) is 11.3 Å². The Balaban J connectivity index is 1.39. The lowest BCUT2D eigenvalue weighted by molar-refractivity contribution is -0.134. The lowest BCUT2D eigenvalue weighted by atomic mass is 10.1. The summed E-state index contributed by atoms with van der Waals surface area (Å²) in [4.78, 5) is 41.6. The van der Waals surface area contributed by atoms with E-state index in [9.17, 15) is 27.6 Å². The summed E-state index contributed by atoms with van der Waals surface area (Å²) < 4.78 is 40.4. The Kier molecular flexibility index (Phi) is 8.34. The minimum Gasteiger partial charge on any atom is -0.398 e. The van der Waals surface area contributed by atoms with Crippen molar-refractivity contribution in [3.05, 3.63) is 85.9 Å². The normalized spacial score (nSPS) is 13.4. The lowest BCUT2D eigenvalue weighted by Gasteiger charge is -2.30. The molecule has 1 aliphatic rings. The van der Waals surface area contributed by atoms with E-state index in [0.717, 1.165) is 16.7 Å². The number of carbonyl (C=O) groups is 3. The minimum absolute atomic E-state index is 0.180. The van der Waals surface area contributed by atoms with E-state index in [1.807, 2.05) is 0 Å². The van der Waals surface area contributed by atoms with E-state index in [-0.39, 0.29) is 30.1 Å². The lowest BCUT2D eigenvalue weighted by Crippen LogP contribution is -2.49. The molecule has 4 rings (SSSR count). The summed E-state index contributed by atoms with van der Waals surface area (Å²) >= 11 is 1.25. The van der Waals surface area contributed by atoms with Crippen LogP contribution in [0.4, 0.5) is 18.9 Å². The van der Waals surface area contributed by atoms with Gasteiger partial charge < -0.3 is 26.7 Å². The van der Waals surface area contributed by atoms with Crippen molar-refractivity contribution in [2.24, 2.45) is 0 Å². The maximum absolute atomic E-state index is 13.9. The molecule has 3 aromatic rings. The van der Waals surface area contributed by atoms with Gasteiger partial charge in [-0.3, -0.25) is 14.4 Å². The monoisotopic (exact) mass is 557 g/mol. The Bertz CT molecular complexity index is 1460. The summed E-state index contributed by atoms with van der Waals surface area (Å²) in [5, 5.41) is 12.7. The third-order valence-electron chi connectivity index (χ3n) is 6.45. The molecule has 0 radical (unpaired) electrons. The topological polar surface area (TPSA) is 128 Å². The number of benzene rings is 2. The zero-order chi connectivity index (χ0) is 28.3. The van der Waals surface area contributed by atoms with E-state index < -0.39 is 35.3 Å². The Hall–Kier alpha value is -4.19. The third-order valence-corrected chi connectivity index (χ3v) is 7.68. The smallest absolute Gasteiger partial charge is 0.261 e. The Morgan fingerprint density at radius 1 is 1.10 bits per heavy atom. The number of nitrogens with one attached hydrogen (secondary N) is 3. The first-order chi connectivity index (χ1) is 18.6. The van der Waals surface area contributed by atoms with Gasteiger partial charge in [-0.05, 0) is 48.7 Å². The average molecular weight is 558 g/mol. The van der Waals surface area contributed by atoms with Crippen molar-refractivity contribution in [3.63, 3.8) is 0 Å². The van der Waals surface area contributed by atoms with Gasteiger partial charge in [-0.2, -0.15) is 0 Å². The fourth-order valence-corrected chi connectivity index (χ4v) is 5.32. The molecule has 1 aromatic heterocycles. The fourth-order valence-electron chi connectivity index (χ4n) is 4.24. The van der Waals surface area contributed by atoms with Crippen LogP contribution in [0.2, 0.25) is 0 Å². The summed E-state index contributed by atoms with van der Waals surface area (Å²) in [5.74, 6) is -4.68. The zero-order valence-electron chi connectivity index (χ0n) is 20.9. The van der Waals surface area contributed by atoms with Crippen molar-refractivity contribution < 1.29 is 27.6 Å². The van der Waals surface area contributed by atoms with Gasteiger partial charge in [-0.25, -0.2) is 13.2 Å². The first-order valence-corrected chi connectivity index (χ1v) is 13.0. The van der Waals surface area contributed by atoms with Crippen molar-refractivity contribution in [3.8, 4) is 0 Å². The van der Waals surface area contributed by atoms with E-state index in [2.05, 4.69) is 10.6 Å². The van der Waals surface area contributed by atoms with Crippen molar-refractivity contribution in [1.82, 2.24) is 15.5 Å². The number of hydrogen-bond donors (Lipinski definition) is 4. The molecule has 3 amide bonds. The van der Waals surface area contributed by atoms with Crippen LogP contribution in [0.25, 0.3) is 0 Å². The molecule has 0 fully saturated rings. The van der Waals surface area contributed by atoms with Gasteiger partial charge in [0.25, 0.3) is 11.8 Å². The Morgan fingerprint density at radius 2 is 1.85 bits per heavy atom. The second-order valence-electron chi connectivity index (χ2n) is 9.03. The van der Waals surface area contributed by atoms with Crippen LogP contribution in [-0.4, -0.2) is 41.4 Å². The zero-order valence-corrected chi connectivity index (χ0v) is 21.8. The molecule has 1 atom stereocenters. The SMILES string of the molecule is CC[C@@H](NC(=O)c1ccc(N)c(C=N)c1)C(=O)N1CCc2sc(C(=O)NCc3cc(F)c(F)cc3F)cc2C1. The van der Waals surface area contributed by atoms with Crippen LogP contribution in [0.15, 0.2) is 36.4 Å². The highest BCUT2D eigenvalue weighted by molar-refractivity contribution is 7.14. The van der Waals surface area contributed by atoms with Gasteiger partial charge in [0.2, 0.25) is 5.91 Å². The molecule has 0 unspecified atom stereocenters. The van der Waals surface area contributed by atoms with Crippen molar-refractivity contribution in [2.75, 3.05) is 12.3 Å². The summed E-state index contributed by atoms with van der Waals surface area (Å²) in [6.45, 7) is 2.12. The number of nitrogen functional groups attached to an aromatic ring is 1. The molecular formula is C27H26F3N5O3S. The summed E-state index contributed by atoms with van der Waals surface area (Å²) in [6, 6.07) is 6.57. The molecule has 39 heavy (non-hydrogen) atoms. The van der Waals surface area contributed by atoms with Gasteiger partial charge in [0.05, 0.1) is 4.88 Å². The van der Waals surface area contributed by atoms with Crippen LogP contribution in [-0.2, 0) is 24.3 Å². The van der Waals surface area contributed by atoms with E-state index in [1.165, 1.54) is 29.5 Å². The fraction of sp³-hybridized carbons (Fsp3) is 0.259. The molecule has 12 heteroatoms. The van der Waals surface area contributed by atoms with Crippen molar-refractivity contribution in [2.45, 2.75) is 38.9 Å². The highest BCUT2D eigenvalue weighted by atomic mass is 32.1. The maximum atomic E-state index is 13.9. The van der Waals surface area contributed by atoms with Crippen molar-refractivity contribution in [1.29, 1.82) is 5.41 Å². The van der Waals surface area contributed by atoms with E-state index >= 15 is 0 Å². The molecule has 0 aliphatic carbocycles. The number of anilines is 1. The number of thiophene rings is 1. The molecule has 0 bridgehead atoms. The van der Waals surface area contributed by atoms with Crippen LogP contribution < -0.4 is 16.4 Å². The van der Waals surface area contributed by atoms with Gasteiger partial charge >= 0.3 is 0 Å². The van der Waals surface area contributed by atoms with Crippen LogP contribution >= 0.6 is 11.3 Å². The number of halogens is 3. The van der Waals surface area contributed by atoms with Gasteiger partial charge in [0.15, 0.2) is 11.6 Å². The Labute approximate surface area is 226 Å². The number of nitrogens with two attached hydrogens (primary N) is 1. The van der Waals surface area contributed by atoms with Crippen LogP contribution in [0.3, 0.4) is 0 Å². The molecule has 204 valence electrons. The van der Waals surface area contributed by atoms with Crippen LogP contribution in [0.5, 0.6) is 0 Å². The highest BCUT2D eigenvalue weighted by Gasteiger charge is 2.29. The first-order valence-electron chi connectivity index (χ1n) is 12.1. The van der Waals surface area contributed by atoms with E-state index in [4.69, 9.17) is 11.1 Å². The number of carbonyl (C=O) groups excluding carboxylic acids is 3. The molecular weight excluding hydrogens is 531 g/mol. The number of hydrogen-bond acceptors (Lipinski definition) is 6. The predicted octanol–water partition coefficient (Wildman–Crippen LogP) is 3.77. The molecule has 2 heterocycles. The minimum atomic E-state index is -1.31. The summed E-state index contributed by atoms with van der Waals surface area (Å²) in [7, 11) is 0. The number of nitrogens with zero attached hydrogens (tertiary/aromatic N) is 1. The van der Waals surface area contributed by atoms with E-state index in [1.54, 1.807) is 17.9 Å². The molecule has 1 aliphatic heterocycles. The van der Waals surface area contributed by atoms with Crippen molar-refractivity contribution >= 4 is 41.0 Å². The average Bonchev–Trinajstić information content (AvgIpc) is 3.36.